The quantitative estimate of drug-likeness (QED) is 0.708. The van der Waals surface area contributed by atoms with Gasteiger partial charge in [0.25, 0.3) is 0 Å². The summed E-state index contributed by atoms with van der Waals surface area (Å²) < 4.78 is 5.30. The van der Waals surface area contributed by atoms with Crippen molar-refractivity contribution in [3.63, 3.8) is 0 Å². The fourth-order valence-corrected chi connectivity index (χ4v) is 2.14. The van der Waals surface area contributed by atoms with Crippen molar-refractivity contribution in [3.05, 3.63) is 29.3 Å². The molecule has 0 saturated heterocycles. The summed E-state index contributed by atoms with van der Waals surface area (Å²) in [5.74, 6) is 0.690. The molecule has 21 heavy (non-hydrogen) atoms. The summed E-state index contributed by atoms with van der Waals surface area (Å²) in [4.78, 5) is 13.9. The molecule has 0 unspecified atom stereocenters. The van der Waals surface area contributed by atoms with Crippen molar-refractivity contribution in [2.24, 2.45) is 5.73 Å². The van der Waals surface area contributed by atoms with Crippen molar-refractivity contribution in [2.45, 2.75) is 19.9 Å². The van der Waals surface area contributed by atoms with E-state index in [0.29, 0.717) is 30.4 Å². The molecule has 3 N–H and O–H groups in total. The summed E-state index contributed by atoms with van der Waals surface area (Å²) in [6, 6.07) is 5.69. The minimum absolute atomic E-state index is 0.0334. The average Bonchev–Trinajstić information content (AvgIpc) is 2.44. The number of hydrogen-bond acceptors (Lipinski definition) is 4. The number of benzene rings is 1. The summed E-state index contributed by atoms with van der Waals surface area (Å²) in [6.45, 7) is 3.75. The van der Waals surface area contributed by atoms with E-state index < -0.39 is 0 Å². The van der Waals surface area contributed by atoms with Crippen molar-refractivity contribution in [3.8, 4) is 5.75 Å². The third kappa shape index (κ3) is 5.69. The van der Waals surface area contributed by atoms with E-state index in [1.165, 1.54) is 0 Å². The van der Waals surface area contributed by atoms with Gasteiger partial charge in [0, 0.05) is 13.1 Å². The Morgan fingerprint density at radius 2 is 2.19 bits per heavy atom. The number of likely N-dealkylation sites (N-methyl/N-ethyl adjacent to an activating group) is 1. The van der Waals surface area contributed by atoms with Gasteiger partial charge in [0.05, 0.1) is 19.2 Å². The Hall–Kier alpha value is -1.66. The second kappa shape index (κ2) is 8.59. The van der Waals surface area contributed by atoms with Crippen LogP contribution < -0.4 is 15.8 Å². The van der Waals surface area contributed by atoms with Crippen molar-refractivity contribution in [1.82, 2.24) is 10.2 Å². The number of hydrogen-bond donors (Lipinski definition) is 2. The van der Waals surface area contributed by atoms with Crippen molar-refractivity contribution in [1.29, 1.82) is 0 Å². The Kier molecular flexibility index (Phi) is 7.11. The molecule has 0 bridgehead atoms. The highest BCUT2D eigenvalue weighted by Gasteiger charge is 2.10. The van der Waals surface area contributed by atoms with E-state index in [-0.39, 0.29) is 5.91 Å². The van der Waals surface area contributed by atoms with Gasteiger partial charge in [-0.25, -0.2) is 0 Å². The molecule has 1 aromatic carbocycles. The van der Waals surface area contributed by atoms with E-state index in [0.717, 1.165) is 17.5 Å². The Morgan fingerprint density at radius 3 is 2.76 bits per heavy atom. The molecule has 116 valence electrons. The van der Waals surface area contributed by atoms with Crippen molar-refractivity contribution >= 4 is 23.1 Å². The van der Waals surface area contributed by atoms with E-state index in [1.807, 2.05) is 37.1 Å². The van der Waals surface area contributed by atoms with Crippen LogP contribution in [0.4, 0.5) is 0 Å². The first-order chi connectivity index (χ1) is 9.97. The molecule has 0 aliphatic heterocycles. The predicted molar refractivity (Wildman–Crippen MR) is 88.5 cm³/mol. The van der Waals surface area contributed by atoms with Crippen LogP contribution >= 0.6 is 12.2 Å². The number of rotatable bonds is 8. The Balaban J connectivity index is 2.66. The summed E-state index contributed by atoms with van der Waals surface area (Å²) >= 11 is 4.98. The van der Waals surface area contributed by atoms with Crippen LogP contribution in [0.5, 0.6) is 5.75 Å². The number of methoxy groups -OCH3 is 1. The molecule has 0 radical (unpaired) electrons. The first-order valence-corrected chi connectivity index (χ1v) is 7.30. The van der Waals surface area contributed by atoms with E-state index in [9.17, 15) is 4.79 Å². The largest absolute Gasteiger partial charge is 0.496 e. The lowest BCUT2D eigenvalue weighted by molar-refractivity contribution is -0.122. The van der Waals surface area contributed by atoms with Gasteiger partial charge < -0.3 is 15.8 Å². The number of carbonyl (C=O) groups is 1. The van der Waals surface area contributed by atoms with Gasteiger partial charge in [0.2, 0.25) is 5.91 Å². The van der Waals surface area contributed by atoms with Crippen LogP contribution in [0.15, 0.2) is 18.2 Å². The maximum Gasteiger partial charge on any atom is 0.234 e. The molecule has 0 atom stereocenters. The van der Waals surface area contributed by atoms with Crippen LogP contribution in [0, 0.1) is 0 Å². The molecule has 5 nitrogen and oxygen atoms in total. The zero-order chi connectivity index (χ0) is 15.8. The molecule has 1 amide bonds. The lowest BCUT2D eigenvalue weighted by atomic mass is 10.1. The fourth-order valence-electron chi connectivity index (χ4n) is 1.97. The Morgan fingerprint density at radius 1 is 1.48 bits per heavy atom. The number of nitrogens with one attached hydrogen (secondary N) is 1. The van der Waals surface area contributed by atoms with E-state index in [1.54, 1.807) is 7.11 Å². The zero-order valence-electron chi connectivity index (χ0n) is 12.8. The molecular formula is C15H23N3O2S. The topological polar surface area (TPSA) is 67.6 Å². The number of carbonyl (C=O) groups excluding carboxylic acids is 1. The number of thiocarbonyl (C=S) groups is 1. The lowest BCUT2D eigenvalue weighted by Gasteiger charge is -2.17. The van der Waals surface area contributed by atoms with Gasteiger partial charge in [0.1, 0.15) is 10.7 Å². The second-order valence-corrected chi connectivity index (χ2v) is 5.36. The van der Waals surface area contributed by atoms with E-state index >= 15 is 0 Å². The molecular weight excluding hydrogens is 286 g/mol. The van der Waals surface area contributed by atoms with E-state index in [2.05, 4.69) is 5.32 Å². The first kappa shape index (κ1) is 17.4. The van der Waals surface area contributed by atoms with Gasteiger partial charge in [-0.2, -0.15) is 0 Å². The summed E-state index contributed by atoms with van der Waals surface area (Å²) in [7, 11) is 3.49. The van der Waals surface area contributed by atoms with Crippen LogP contribution in [0.25, 0.3) is 0 Å². The summed E-state index contributed by atoms with van der Waals surface area (Å²) in [5, 5.41) is 2.86. The Bertz CT molecular complexity index is 506. The molecule has 1 rings (SSSR count). The van der Waals surface area contributed by atoms with Gasteiger partial charge in [-0.05, 0) is 31.2 Å². The van der Waals surface area contributed by atoms with Gasteiger partial charge in [0.15, 0.2) is 0 Å². The van der Waals surface area contributed by atoms with Crippen molar-refractivity contribution < 1.29 is 9.53 Å². The summed E-state index contributed by atoms with van der Waals surface area (Å²) in [6.07, 6.45) is 0.938. The molecule has 0 aromatic heterocycles. The third-order valence-electron chi connectivity index (χ3n) is 2.97. The van der Waals surface area contributed by atoms with E-state index in [4.69, 9.17) is 22.7 Å². The molecule has 0 fully saturated rings. The molecule has 0 aliphatic carbocycles. The van der Waals surface area contributed by atoms with Gasteiger partial charge in [-0.3, -0.25) is 9.69 Å². The number of ether oxygens (including phenoxy) is 1. The molecule has 0 aliphatic rings. The first-order valence-electron chi connectivity index (χ1n) is 6.89. The molecule has 0 saturated carbocycles. The molecule has 6 heteroatoms. The van der Waals surface area contributed by atoms with Crippen LogP contribution in [0.3, 0.4) is 0 Å². The average molecular weight is 309 g/mol. The highest BCUT2D eigenvalue weighted by molar-refractivity contribution is 7.80. The fraction of sp³-hybridized carbons (Fsp3) is 0.467. The zero-order valence-corrected chi connectivity index (χ0v) is 13.6. The molecule has 0 spiro atoms. The predicted octanol–water partition coefficient (Wildman–Crippen LogP) is 1.29. The maximum atomic E-state index is 11.7. The third-order valence-corrected chi connectivity index (χ3v) is 3.19. The SMILES string of the molecule is CCCNC(=O)CN(C)Cc1ccc(C(N)=S)c(OC)c1. The number of nitrogens with two attached hydrogens (primary N) is 1. The minimum atomic E-state index is 0.0334. The monoisotopic (exact) mass is 309 g/mol. The maximum absolute atomic E-state index is 11.7. The highest BCUT2D eigenvalue weighted by Crippen LogP contribution is 2.20. The van der Waals surface area contributed by atoms with Gasteiger partial charge in [-0.1, -0.05) is 25.2 Å². The van der Waals surface area contributed by atoms with Gasteiger partial charge in [-0.15, -0.1) is 0 Å². The summed E-state index contributed by atoms with van der Waals surface area (Å²) in [5.41, 5.74) is 7.40. The number of nitrogens with zero attached hydrogens (tertiary/aromatic N) is 1. The van der Waals surface area contributed by atoms with Crippen LogP contribution in [0.1, 0.15) is 24.5 Å². The minimum Gasteiger partial charge on any atom is -0.496 e. The standard InChI is InChI=1S/C15H23N3O2S/c1-4-7-17-14(19)10-18(2)9-11-5-6-12(15(16)21)13(8-11)20-3/h5-6,8H,4,7,9-10H2,1-3H3,(H2,16,21)(H,17,19). The van der Waals surface area contributed by atoms with Gasteiger partial charge >= 0.3 is 0 Å². The van der Waals surface area contributed by atoms with Crippen LogP contribution in [0.2, 0.25) is 0 Å². The highest BCUT2D eigenvalue weighted by atomic mass is 32.1. The van der Waals surface area contributed by atoms with Crippen molar-refractivity contribution in [2.75, 3.05) is 27.2 Å². The normalized spacial score (nSPS) is 10.5. The van der Waals surface area contributed by atoms with Crippen LogP contribution in [-0.2, 0) is 11.3 Å². The molecule has 1 aromatic rings. The number of amides is 1. The Labute approximate surface area is 131 Å². The smallest absolute Gasteiger partial charge is 0.234 e. The second-order valence-electron chi connectivity index (χ2n) is 4.92. The van der Waals surface area contributed by atoms with Crippen LogP contribution in [-0.4, -0.2) is 43.0 Å². The molecule has 0 heterocycles. The lowest BCUT2D eigenvalue weighted by Crippen LogP contribution is -2.35.